The Hall–Kier alpha value is -3.41. The molecule has 1 aliphatic rings. The van der Waals surface area contributed by atoms with Crippen LogP contribution >= 0.6 is 0 Å². The highest BCUT2D eigenvalue weighted by molar-refractivity contribution is 5.98. The molecule has 1 fully saturated rings. The summed E-state index contributed by atoms with van der Waals surface area (Å²) in [7, 11) is 0. The second kappa shape index (κ2) is 8.31. The number of rotatable bonds is 5. The summed E-state index contributed by atoms with van der Waals surface area (Å²) in [6.07, 6.45) is 1.42. The summed E-state index contributed by atoms with van der Waals surface area (Å²) in [4.78, 5) is 28.2. The van der Waals surface area contributed by atoms with E-state index >= 15 is 0 Å². The summed E-state index contributed by atoms with van der Waals surface area (Å²) < 4.78 is 5.01. The van der Waals surface area contributed by atoms with Crippen molar-refractivity contribution in [3.63, 3.8) is 0 Å². The van der Waals surface area contributed by atoms with Gasteiger partial charge in [0.25, 0.3) is 0 Å². The highest BCUT2D eigenvalue weighted by atomic mass is 16.5. The van der Waals surface area contributed by atoms with Gasteiger partial charge < -0.3 is 14.7 Å². The fraction of sp³-hybridized carbons (Fsp3) is 0.261. The average Bonchev–Trinajstić information content (AvgIpc) is 3.39. The molecule has 4 rings (SSSR count). The third kappa shape index (κ3) is 4.06. The van der Waals surface area contributed by atoms with Crippen LogP contribution in [0.4, 0.5) is 5.82 Å². The molecular weight excluding hydrogens is 366 g/mol. The van der Waals surface area contributed by atoms with Crippen LogP contribution in [0.2, 0.25) is 0 Å². The molecule has 0 aliphatic carbocycles. The number of nitrogens with one attached hydrogen (secondary N) is 1. The maximum absolute atomic E-state index is 13.6. The molecule has 0 unspecified atom stereocenters. The van der Waals surface area contributed by atoms with Crippen LogP contribution in [0.25, 0.3) is 0 Å². The Morgan fingerprint density at radius 1 is 1.07 bits per heavy atom. The topological polar surface area (TPSA) is 75.4 Å². The van der Waals surface area contributed by atoms with E-state index in [1.165, 1.54) is 0 Å². The van der Waals surface area contributed by atoms with Crippen LogP contribution in [0.1, 0.15) is 35.6 Å². The number of nitrogens with zero attached hydrogens (tertiary/aromatic N) is 2. The smallest absolute Gasteiger partial charge is 0.248 e. The van der Waals surface area contributed by atoms with Gasteiger partial charge in [0, 0.05) is 12.6 Å². The summed E-state index contributed by atoms with van der Waals surface area (Å²) in [5.41, 5.74) is 1.84. The maximum atomic E-state index is 13.6. The van der Waals surface area contributed by atoms with Gasteiger partial charge in [0.2, 0.25) is 11.8 Å². The van der Waals surface area contributed by atoms with Gasteiger partial charge in [-0.3, -0.25) is 9.59 Å². The van der Waals surface area contributed by atoms with Gasteiger partial charge >= 0.3 is 0 Å². The molecule has 3 aromatic rings. The first-order valence-electron chi connectivity index (χ1n) is 9.78. The van der Waals surface area contributed by atoms with E-state index in [4.69, 9.17) is 4.52 Å². The highest BCUT2D eigenvalue weighted by Crippen LogP contribution is 2.30. The first kappa shape index (κ1) is 18.9. The van der Waals surface area contributed by atoms with Crippen molar-refractivity contribution >= 4 is 17.6 Å². The molecule has 0 saturated carbocycles. The van der Waals surface area contributed by atoms with Crippen LogP contribution < -0.4 is 5.32 Å². The number of carbonyl (C=O) groups excluding carboxylic acids is 2. The Bertz CT molecular complexity index is 945. The molecule has 6 nitrogen and oxygen atoms in total. The Morgan fingerprint density at radius 2 is 1.69 bits per heavy atom. The summed E-state index contributed by atoms with van der Waals surface area (Å²) in [6, 6.07) is 20.6. The summed E-state index contributed by atoms with van der Waals surface area (Å²) >= 11 is 0. The lowest BCUT2D eigenvalue weighted by Gasteiger charge is -2.28. The number of benzene rings is 2. The third-order valence-electron chi connectivity index (χ3n) is 5.23. The summed E-state index contributed by atoms with van der Waals surface area (Å²) in [5.74, 6) is 0.253. The molecule has 2 amide bonds. The molecule has 1 aromatic heterocycles. The van der Waals surface area contributed by atoms with Crippen LogP contribution in [0.3, 0.4) is 0 Å². The van der Waals surface area contributed by atoms with Crippen molar-refractivity contribution in [1.29, 1.82) is 0 Å². The second-order valence-corrected chi connectivity index (χ2v) is 7.26. The predicted molar refractivity (Wildman–Crippen MR) is 109 cm³/mol. The highest BCUT2D eigenvalue weighted by Gasteiger charge is 2.38. The van der Waals surface area contributed by atoms with Gasteiger partial charge in [-0.15, -0.1) is 0 Å². The lowest BCUT2D eigenvalue weighted by Crippen LogP contribution is -2.45. The standard InChI is InChI=1S/C23H23N3O3/c1-16-15-20(25-29-16)24-22(27)19-13-8-14-26(19)23(28)21(17-9-4-2-5-10-17)18-11-6-3-7-12-18/h2-7,9-12,15,19,21H,8,13-14H2,1H3,(H,24,25,27)/t19-/m0/s1. The molecule has 148 valence electrons. The number of carbonyl (C=O) groups is 2. The second-order valence-electron chi connectivity index (χ2n) is 7.26. The maximum Gasteiger partial charge on any atom is 0.248 e. The minimum atomic E-state index is -0.519. The lowest BCUT2D eigenvalue weighted by atomic mass is 9.90. The largest absolute Gasteiger partial charge is 0.360 e. The Balaban J connectivity index is 1.60. The zero-order valence-corrected chi connectivity index (χ0v) is 16.2. The third-order valence-corrected chi connectivity index (χ3v) is 5.23. The molecule has 1 saturated heterocycles. The molecule has 0 radical (unpaired) electrons. The molecule has 29 heavy (non-hydrogen) atoms. The molecule has 2 aromatic carbocycles. The molecule has 1 N–H and O–H groups in total. The monoisotopic (exact) mass is 389 g/mol. The Labute approximate surface area is 169 Å². The van der Waals surface area contributed by atoms with Gasteiger partial charge in [-0.25, -0.2) is 0 Å². The molecule has 0 bridgehead atoms. The summed E-state index contributed by atoms with van der Waals surface area (Å²) in [6.45, 7) is 2.32. The zero-order chi connectivity index (χ0) is 20.2. The minimum Gasteiger partial charge on any atom is -0.360 e. The lowest BCUT2D eigenvalue weighted by molar-refractivity contribution is -0.137. The number of likely N-dealkylation sites (tertiary alicyclic amines) is 1. The summed E-state index contributed by atoms with van der Waals surface area (Å²) in [5, 5.41) is 6.59. The predicted octanol–water partition coefficient (Wildman–Crippen LogP) is 3.74. The first-order valence-corrected chi connectivity index (χ1v) is 9.78. The SMILES string of the molecule is Cc1cc(NC(=O)[C@@H]2CCCN2C(=O)C(c2ccccc2)c2ccccc2)no1. The van der Waals surface area contributed by atoms with Gasteiger partial charge in [0.1, 0.15) is 11.8 Å². The van der Waals surface area contributed by atoms with Crippen molar-refractivity contribution in [2.45, 2.75) is 31.7 Å². The number of anilines is 1. The van der Waals surface area contributed by atoms with Crippen molar-refractivity contribution in [2.75, 3.05) is 11.9 Å². The minimum absolute atomic E-state index is 0.0589. The number of hydrogen-bond donors (Lipinski definition) is 1. The Morgan fingerprint density at radius 3 is 2.24 bits per heavy atom. The van der Waals surface area contributed by atoms with E-state index in [-0.39, 0.29) is 11.8 Å². The van der Waals surface area contributed by atoms with Crippen molar-refractivity contribution in [2.24, 2.45) is 0 Å². The van der Waals surface area contributed by atoms with E-state index in [9.17, 15) is 9.59 Å². The zero-order valence-electron chi connectivity index (χ0n) is 16.2. The van der Waals surface area contributed by atoms with Crippen LogP contribution in [0, 0.1) is 6.92 Å². The number of aryl methyl sites for hydroxylation is 1. The van der Waals surface area contributed by atoms with E-state index < -0.39 is 12.0 Å². The van der Waals surface area contributed by atoms with Gasteiger partial charge in [0.05, 0.1) is 5.92 Å². The van der Waals surface area contributed by atoms with E-state index in [1.807, 2.05) is 60.7 Å². The van der Waals surface area contributed by atoms with Gasteiger partial charge in [0.15, 0.2) is 5.82 Å². The fourth-order valence-corrected chi connectivity index (χ4v) is 3.87. The van der Waals surface area contributed by atoms with E-state index in [2.05, 4.69) is 10.5 Å². The van der Waals surface area contributed by atoms with Crippen LogP contribution in [-0.4, -0.2) is 34.5 Å². The number of aromatic nitrogens is 1. The molecule has 2 heterocycles. The first-order chi connectivity index (χ1) is 14.1. The van der Waals surface area contributed by atoms with Crippen molar-refractivity contribution in [3.05, 3.63) is 83.6 Å². The van der Waals surface area contributed by atoms with E-state index in [0.29, 0.717) is 24.5 Å². The molecule has 1 atom stereocenters. The number of hydrogen-bond acceptors (Lipinski definition) is 4. The van der Waals surface area contributed by atoms with Crippen molar-refractivity contribution in [3.8, 4) is 0 Å². The van der Waals surface area contributed by atoms with E-state index in [0.717, 1.165) is 17.5 Å². The molecule has 6 heteroatoms. The van der Waals surface area contributed by atoms with Crippen LogP contribution in [-0.2, 0) is 9.59 Å². The number of amides is 2. The van der Waals surface area contributed by atoms with Gasteiger partial charge in [-0.05, 0) is 30.9 Å². The van der Waals surface area contributed by atoms with Crippen molar-refractivity contribution < 1.29 is 14.1 Å². The normalized spacial score (nSPS) is 16.2. The van der Waals surface area contributed by atoms with Crippen LogP contribution in [0.5, 0.6) is 0 Å². The van der Waals surface area contributed by atoms with Gasteiger partial charge in [-0.2, -0.15) is 0 Å². The molecule has 1 aliphatic heterocycles. The quantitative estimate of drug-likeness (QED) is 0.721. The van der Waals surface area contributed by atoms with Gasteiger partial charge in [-0.1, -0.05) is 65.8 Å². The van der Waals surface area contributed by atoms with Crippen molar-refractivity contribution in [1.82, 2.24) is 10.1 Å². The fourth-order valence-electron chi connectivity index (χ4n) is 3.87. The van der Waals surface area contributed by atoms with E-state index in [1.54, 1.807) is 17.9 Å². The van der Waals surface area contributed by atoms with Crippen LogP contribution in [0.15, 0.2) is 71.3 Å². The molecular formula is C23H23N3O3. The Kier molecular flexibility index (Phi) is 5.42. The average molecular weight is 389 g/mol. The molecule has 0 spiro atoms.